The van der Waals surface area contributed by atoms with Gasteiger partial charge >= 0.3 is 5.97 Å². The largest absolute Gasteiger partial charge is 0.478 e. The van der Waals surface area contributed by atoms with Crippen LogP contribution >= 0.6 is 11.6 Å². The third kappa shape index (κ3) is 2.36. The normalized spacial score (nSPS) is 15.3. The van der Waals surface area contributed by atoms with E-state index in [4.69, 9.17) is 21.4 Å². The van der Waals surface area contributed by atoms with Crippen LogP contribution in [-0.4, -0.2) is 19.5 Å². The van der Waals surface area contributed by atoms with Gasteiger partial charge in [-0.25, -0.2) is 13.2 Å². The molecule has 0 bridgehead atoms. The zero-order chi connectivity index (χ0) is 15.2. The number of carbonyl (C=O) groups is 1. The van der Waals surface area contributed by atoms with Gasteiger partial charge in [0.05, 0.1) is 16.3 Å². The Balaban J connectivity index is 2.26. The number of aromatic carboxylic acids is 1. The van der Waals surface area contributed by atoms with E-state index in [1.54, 1.807) is 18.2 Å². The lowest BCUT2D eigenvalue weighted by Crippen LogP contribution is -2.05. The summed E-state index contributed by atoms with van der Waals surface area (Å²) >= 11 is 6.04. The number of para-hydroxylation sites is 1. The summed E-state index contributed by atoms with van der Waals surface area (Å²) in [7, 11) is -3.71. The Labute approximate surface area is 125 Å². The second-order valence-electron chi connectivity index (χ2n) is 4.56. The van der Waals surface area contributed by atoms with Gasteiger partial charge in [-0.15, -0.1) is 0 Å². The van der Waals surface area contributed by atoms with Gasteiger partial charge in [-0.1, -0.05) is 23.7 Å². The Bertz CT molecular complexity index is 858. The van der Waals surface area contributed by atoms with Crippen LogP contribution in [0.4, 0.5) is 0 Å². The number of sulfone groups is 1. The van der Waals surface area contributed by atoms with Crippen molar-refractivity contribution in [3.05, 3.63) is 52.5 Å². The molecular weight excluding hydrogens is 316 g/mol. The molecule has 0 fully saturated rings. The van der Waals surface area contributed by atoms with E-state index in [0.29, 0.717) is 10.6 Å². The van der Waals surface area contributed by atoms with Crippen molar-refractivity contribution in [2.75, 3.05) is 0 Å². The van der Waals surface area contributed by atoms with E-state index < -0.39 is 15.8 Å². The second kappa shape index (κ2) is 4.75. The first-order valence-corrected chi connectivity index (χ1v) is 7.97. The van der Waals surface area contributed by atoms with Crippen LogP contribution in [0.25, 0.3) is 0 Å². The van der Waals surface area contributed by atoms with Crippen LogP contribution in [-0.2, 0) is 15.6 Å². The topological polar surface area (TPSA) is 80.7 Å². The Morgan fingerprint density at radius 2 is 2.00 bits per heavy atom. The molecule has 0 aromatic heterocycles. The van der Waals surface area contributed by atoms with Gasteiger partial charge in [-0.3, -0.25) is 0 Å². The predicted molar refractivity (Wildman–Crippen MR) is 75.8 cm³/mol. The minimum atomic E-state index is -3.71. The van der Waals surface area contributed by atoms with Crippen molar-refractivity contribution < 1.29 is 23.1 Å². The number of rotatable bonds is 1. The summed E-state index contributed by atoms with van der Waals surface area (Å²) in [5.41, 5.74) is 0.327. The number of carboxylic acids is 1. The molecule has 0 spiro atoms. The molecule has 1 aliphatic heterocycles. The first-order chi connectivity index (χ1) is 9.88. The molecule has 0 saturated carbocycles. The maximum Gasteiger partial charge on any atom is 0.335 e. The number of hydrogen-bond donors (Lipinski definition) is 1. The van der Waals surface area contributed by atoms with Gasteiger partial charge in [0.25, 0.3) is 0 Å². The van der Waals surface area contributed by atoms with E-state index in [0.717, 1.165) is 6.07 Å². The Morgan fingerprint density at radius 1 is 1.24 bits per heavy atom. The number of halogens is 1. The van der Waals surface area contributed by atoms with E-state index in [-0.39, 0.29) is 27.7 Å². The minimum absolute atomic E-state index is 0.0758. The molecule has 0 saturated heterocycles. The Morgan fingerprint density at radius 3 is 2.71 bits per heavy atom. The van der Waals surface area contributed by atoms with Crippen molar-refractivity contribution in [2.45, 2.75) is 10.6 Å². The molecule has 0 amide bonds. The summed E-state index contributed by atoms with van der Waals surface area (Å²) in [4.78, 5) is 10.9. The zero-order valence-electron chi connectivity index (χ0n) is 10.5. The molecular formula is C14H9ClO5S. The number of benzene rings is 2. The van der Waals surface area contributed by atoms with Crippen LogP contribution in [0, 0.1) is 0 Å². The molecule has 2 aromatic rings. The molecule has 0 aliphatic carbocycles. The van der Waals surface area contributed by atoms with Crippen LogP contribution in [0.2, 0.25) is 5.02 Å². The average Bonchev–Trinajstić information content (AvgIpc) is 2.53. The van der Waals surface area contributed by atoms with Crippen LogP contribution in [0.3, 0.4) is 0 Å². The van der Waals surface area contributed by atoms with Crippen molar-refractivity contribution in [3.8, 4) is 11.5 Å². The van der Waals surface area contributed by atoms with Gasteiger partial charge in [0, 0.05) is 5.56 Å². The third-order valence-corrected chi connectivity index (χ3v) is 5.11. The summed E-state index contributed by atoms with van der Waals surface area (Å²) < 4.78 is 30.5. The Hall–Kier alpha value is -2.05. The van der Waals surface area contributed by atoms with Crippen LogP contribution < -0.4 is 4.74 Å². The van der Waals surface area contributed by atoms with E-state index in [9.17, 15) is 13.2 Å². The van der Waals surface area contributed by atoms with Crippen LogP contribution in [0.1, 0.15) is 15.9 Å². The fourth-order valence-corrected chi connectivity index (χ4v) is 3.89. The third-order valence-electron chi connectivity index (χ3n) is 3.13. The smallest absolute Gasteiger partial charge is 0.335 e. The Kier molecular flexibility index (Phi) is 3.15. The highest BCUT2D eigenvalue weighted by Gasteiger charge is 2.28. The van der Waals surface area contributed by atoms with E-state index in [2.05, 4.69) is 0 Å². The van der Waals surface area contributed by atoms with E-state index in [1.165, 1.54) is 12.1 Å². The van der Waals surface area contributed by atoms with Gasteiger partial charge in [-0.05, 0) is 24.3 Å². The second-order valence-corrected chi connectivity index (χ2v) is 6.92. The molecule has 2 aromatic carbocycles. The SMILES string of the molecule is O=C(O)c1ccc2c(c1)S(=O)(=O)Cc1cccc(Cl)c1O2. The summed E-state index contributed by atoms with van der Waals surface area (Å²) in [5, 5.41) is 9.29. The molecule has 0 atom stereocenters. The van der Waals surface area contributed by atoms with Gasteiger partial charge in [0.1, 0.15) is 16.4 Å². The molecule has 5 nitrogen and oxygen atoms in total. The number of ether oxygens (including phenoxy) is 1. The maximum atomic E-state index is 12.4. The zero-order valence-corrected chi connectivity index (χ0v) is 12.1. The molecule has 108 valence electrons. The molecule has 0 radical (unpaired) electrons. The summed E-state index contributed by atoms with van der Waals surface area (Å²) in [6.45, 7) is 0. The monoisotopic (exact) mass is 324 g/mol. The lowest BCUT2D eigenvalue weighted by molar-refractivity contribution is 0.0696. The molecule has 7 heteroatoms. The highest BCUT2D eigenvalue weighted by molar-refractivity contribution is 7.90. The lowest BCUT2D eigenvalue weighted by Gasteiger charge is -2.09. The first-order valence-electron chi connectivity index (χ1n) is 5.94. The van der Waals surface area contributed by atoms with Crippen molar-refractivity contribution in [1.29, 1.82) is 0 Å². The van der Waals surface area contributed by atoms with Crippen LogP contribution in [0.15, 0.2) is 41.3 Å². The van der Waals surface area contributed by atoms with Gasteiger partial charge in [0.2, 0.25) is 0 Å². The number of carboxylic acid groups (broad SMARTS) is 1. The van der Waals surface area contributed by atoms with Gasteiger partial charge < -0.3 is 9.84 Å². The molecule has 3 rings (SSSR count). The summed E-state index contributed by atoms with van der Waals surface area (Å²) in [6.07, 6.45) is 0. The van der Waals surface area contributed by atoms with Crippen molar-refractivity contribution >= 4 is 27.4 Å². The van der Waals surface area contributed by atoms with Gasteiger partial charge in [0.15, 0.2) is 9.84 Å². The highest BCUT2D eigenvalue weighted by Crippen LogP contribution is 2.41. The fourth-order valence-electron chi connectivity index (χ4n) is 2.14. The van der Waals surface area contributed by atoms with Crippen molar-refractivity contribution in [2.24, 2.45) is 0 Å². The molecule has 21 heavy (non-hydrogen) atoms. The average molecular weight is 325 g/mol. The molecule has 1 heterocycles. The molecule has 1 N–H and O–H groups in total. The highest BCUT2D eigenvalue weighted by atomic mass is 35.5. The summed E-state index contributed by atoms with van der Waals surface area (Å²) in [5.74, 6) is -1.14. The molecule has 1 aliphatic rings. The standard InChI is InChI=1S/C14H9ClO5S/c15-10-3-1-2-9-7-21(18,19)12-6-8(14(16)17)4-5-11(12)20-13(9)10/h1-6H,7H2,(H,16,17). The maximum absolute atomic E-state index is 12.4. The minimum Gasteiger partial charge on any atom is -0.478 e. The first kappa shape index (κ1) is 13.9. The van der Waals surface area contributed by atoms with Crippen LogP contribution in [0.5, 0.6) is 11.5 Å². The lowest BCUT2D eigenvalue weighted by atomic mass is 10.2. The quantitative estimate of drug-likeness (QED) is 0.871. The summed E-state index contributed by atoms with van der Waals surface area (Å²) in [6, 6.07) is 8.57. The predicted octanol–water partition coefficient (Wildman–Crippen LogP) is 3.12. The van der Waals surface area contributed by atoms with E-state index >= 15 is 0 Å². The molecule has 0 unspecified atom stereocenters. The number of hydrogen-bond acceptors (Lipinski definition) is 4. The van der Waals surface area contributed by atoms with Crippen molar-refractivity contribution in [3.63, 3.8) is 0 Å². The van der Waals surface area contributed by atoms with Gasteiger partial charge in [-0.2, -0.15) is 0 Å². The fraction of sp³-hybridized carbons (Fsp3) is 0.0714. The van der Waals surface area contributed by atoms with Crippen molar-refractivity contribution in [1.82, 2.24) is 0 Å². The van der Waals surface area contributed by atoms with E-state index in [1.807, 2.05) is 0 Å². The number of fused-ring (bicyclic) bond motifs is 2.